The van der Waals surface area contributed by atoms with Gasteiger partial charge in [-0.2, -0.15) is 4.98 Å². The molecule has 1 fully saturated rings. The third-order valence-electron chi connectivity index (χ3n) is 2.45. The van der Waals surface area contributed by atoms with Crippen LogP contribution < -0.4 is 11.1 Å². The van der Waals surface area contributed by atoms with E-state index in [0.29, 0.717) is 30.8 Å². The van der Waals surface area contributed by atoms with Gasteiger partial charge in [0.05, 0.1) is 19.6 Å². The number of hydrogen-bond donors (Lipinski definition) is 2. The van der Waals surface area contributed by atoms with Crippen LogP contribution in [0.15, 0.2) is 4.52 Å². The molecule has 0 bridgehead atoms. The lowest BCUT2D eigenvalue weighted by atomic mass is 10.4. The van der Waals surface area contributed by atoms with E-state index in [1.54, 1.807) is 0 Å². The van der Waals surface area contributed by atoms with Crippen LogP contribution in [0.2, 0.25) is 0 Å². The third kappa shape index (κ3) is 3.79. The molecule has 7 nitrogen and oxygen atoms in total. The number of likely N-dealkylation sites (N-methyl/N-ethyl adjacent to an activating group) is 1. The Morgan fingerprint density at radius 2 is 2.41 bits per heavy atom. The summed E-state index contributed by atoms with van der Waals surface area (Å²) in [6.45, 7) is 1.05. The summed E-state index contributed by atoms with van der Waals surface area (Å²) in [5, 5.41) is 6.69. The fourth-order valence-corrected chi connectivity index (χ4v) is 1.48. The molecule has 1 heterocycles. The predicted octanol–water partition coefficient (Wildman–Crippen LogP) is -0.761. The van der Waals surface area contributed by atoms with Crippen LogP contribution in [-0.4, -0.2) is 40.6 Å². The lowest BCUT2D eigenvalue weighted by molar-refractivity contribution is -0.122. The Morgan fingerprint density at radius 3 is 3.00 bits per heavy atom. The van der Waals surface area contributed by atoms with Crippen molar-refractivity contribution in [2.45, 2.75) is 32.0 Å². The molecule has 0 aromatic carbocycles. The Kier molecular flexibility index (Phi) is 3.70. The fourth-order valence-electron chi connectivity index (χ4n) is 1.48. The highest BCUT2D eigenvalue weighted by Crippen LogP contribution is 2.18. The Bertz CT molecular complexity index is 388. The molecule has 1 aliphatic carbocycles. The highest BCUT2D eigenvalue weighted by Gasteiger charge is 2.23. The van der Waals surface area contributed by atoms with Gasteiger partial charge in [0, 0.05) is 6.04 Å². The van der Waals surface area contributed by atoms with Crippen molar-refractivity contribution in [3.8, 4) is 0 Å². The van der Waals surface area contributed by atoms with Crippen molar-refractivity contribution in [3.05, 3.63) is 11.7 Å². The van der Waals surface area contributed by atoms with Gasteiger partial charge < -0.3 is 15.6 Å². The number of nitrogens with zero attached hydrogens (tertiary/aromatic N) is 3. The van der Waals surface area contributed by atoms with Gasteiger partial charge in [-0.15, -0.1) is 0 Å². The zero-order chi connectivity index (χ0) is 12.3. The number of hydrogen-bond acceptors (Lipinski definition) is 6. The molecule has 3 N–H and O–H groups in total. The molecule has 94 valence electrons. The molecule has 0 aliphatic heterocycles. The van der Waals surface area contributed by atoms with E-state index in [0.717, 1.165) is 12.8 Å². The van der Waals surface area contributed by atoms with Crippen molar-refractivity contribution >= 4 is 5.91 Å². The van der Waals surface area contributed by atoms with Crippen molar-refractivity contribution < 1.29 is 9.32 Å². The van der Waals surface area contributed by atoms with E-state index in [-0.39, 0.29) is 12.5 Å². The van der Waals surface area contributed by atoms with Crippen LogP contribution in [0, 0.1) is 0 Å². The van der Waals surface area contributed by atoms with Crippen LogP contribution in [0.3, 0.4) is 0 Å². The number of nitrogens with one attached hydrogen (secondary N) is 1. The summed E-state index contributed by atoms with van der Waals surface area (Å²) in [4.78, 5) is 17.4. The smallest absolute Gasteiger partial charge is 0.240 e. The van der Waals surface area contributed by atoms with Crippen LogP contribution in [0.4, 0.5) is 0 Å². The summed E-state index contributed by atoms with van der Waals surface area (Å²) < 4.78 is 4.88. The molecule has 17 heavy (non-hydrogen) atoms. The minimum absolute atomic E-state index is 0.0394. The van der Waals surface area contributed by atoms with Crippen LogP contribution >= 0.6 is 0 Å². The summed E-state index contributed by atoms with van der Waals surface area (Å²) in [6, 6.07) is 0.393. The molecule has 0 saturated heterocycles. The molecule has 0 radical (unpaired) electrons. The van der Waals surface area contributed by atoms with Crippen molar-refractivity contribution in [2.75, 3.05) is 13.6 Å². The Balaban J connectivity index is 1.75. The summed E-state index contributed by atoms with van der Waals surface area (Å²) >= 11 is 0. The van der Waals surface area contributed by atoms with E-state index in [1.165, 1.54) is 0 Å². The van der Waals surface area contributed by atoms with E-state index in [4.69, 9.17) is 10.3 Å². The molecule has 2 rings (SSSR count). The number of carbonyl (C=O) groups is 1. The molecule has 1 aromatic rings. The standard InChI is InChI=1S/C10H17N5O2/c1-15(6-9(16)12-7-2-3-7)5-8-13-10(4-11)17-14-8/h7H,2-6,11H2,1H3,(H,12,16). The Labute approximate surface area is 99.3 Å². The highest BCUT2D eigenvalue weighted by molar-refractivity contribution is 5.78. The highest BCUT2D eigenvalue weighted by atomic mass is 16.5. The summed E-state index contributed by atoms with van der Waals surface area (Å²) in [6.07, 6.45) is 2.19. The van der Waals surface area contributed by atoms with E-state index in [2.05, 4.69) is 15.5 Å². The lowest BCUT2D eigenvalue weighted by Gasteiger charge is -2.13. The molecule has 7 heteroatoms. The molecule has 1 amide bonds. The lowest BCUT2D eigenvalue weighted by Crippen LogP contribution is -2.36. The summed E-state index contributed by atoms with van der Waals surface area (Å²) in [7, 11) is 1.84. The number of amides is 1. The quantitative estimate of drug-likeness (QED) is 0.677. The Morgan fingerprint density at radius 1 is 1.65 bits per heavy atom. The first-order chi connectivity index (χ1) is 8.17. The third-order valence-corrected chi connectivity index (χ3v) is 2.45. The van der Waals surface area contributed by atoms with E-state index in [1.807, 2.05) is 11.9 Å². The number of rotatable bonds is 6. The second kappa shape index (κ2) is 5.24. The molecule has 1 saturated carbocycles. The second-order valence-electron chi connectivity index (χ2n) is 4.32. The van der Waals surface area contributed by atoms with Gasteiger partial charge in [-0.3, -0.25) is 9.69 Å². The summed E-state index contributed by atoms with van der Waals surface area (Å²) in [5.74, 6) is 1.00. The predicted molar refractivity (Wildman–Crippen MR) is 59.7 cm³/mol. The zero-order valence-electron chi connectivity index (χ0n) is 9.85. The number of nitrogens with two attached hydrogens (primary N) is 1. The van der Waals surface area contributed by atoms with Gasteiger partial charge in [0.1, 0.15) is 0 Å². The minimum atomic E-state index is 0.0394. The van der Waals surface area contributed by atoms with Crippen molar-refractivity contribution in [1.82, 2.24) is 20.4 Å². The topological polar surface area (TPSA) is 97.3 Å². The van der Waals surface area contributed by atoms with Crippen molar-refractivity contribution in [3.63, 3.8) is 0 Å². The van der Waals surface area contributed by atoms with E-state index < -0.39 is 0 Å². The number of aromatic nitrogens is 2. The SMILES string of the molecule is CN(CC(=O)NC1CC1)Cc1noc(CN)n1. The fraction of sp³-hybridized carbons (Fsp3) is 0.700. The maximum atomic E-state index is 11.5. The van der Waals surface area contributed by atoms with Crippen molar-refractivity contribution in [2.24, 2.45) is 5.73 Å². The van der Waals surface area contributed by atoms with Gasteiger partial charge in [-0.25, -0.2) is 0 Å². The van der Waals surface area contributed by atoms with Gasteiger partial charge in [0.25, 0.3) is 0 Å². The molecule has 0 spiro atoms. The van der Waals surface area contributed by atoms with Crippen LogP contribution in [-0.2, 0) is 17.9 Å². The van der Waals surface area contributed by atoms with Gasteiger partial charge in [0.2, 0.25) is 11.8 Å². The molecule has 1 aromatic heterocycles. The zero-order valence-corrected chi connectivity index (χ0v) is 9.85. The van der Waals surface area contributed by atoms with Crippen molar-refractivity contribution in [1.29, 1.82) is 0 Å². The molecular weight excluding hydrogens is 222 g/mol. The monoisotopic (exact) mass is 239 g/mol. The van der Waals surface area contributed by atoms with Crippen LogP contribution in [0.5, 0.6) is 0 Å². The van der Waals surface area contributed by atoms with E-state index in [9.17, 15) is 4.79 Å². The van der Waals surface area contributed by atoms with Crippen LogP contribution in [0.1, 0.15) is 24.6 Å². The van der Waals surface area contributed by atoms with Gasteiger partial charge in [-0.1, -0.05) is 5.16 Å². The van der Waals surface area contributed by atoms with Gasteiger partial charge in [0.15, 0.2) is 5.82 Å². The average molecular weight is 239 g/mol. The second-order valence-corrected chi connectivity index (χ2v) is 4.32. The molecule has 0 atom stereocenters. The maximum absolute atomic E-state index is 11.5. The van der Waals surface area contributed by atoms with Gasteiger partial charge >= 0.3 is 0 Å². The van der Waals surface area contributed by atoms with Crippen LogP contribution in [0.25, 0.3) is 0 Å². The molecular formula is C10H17N5O2. The largest absolute Gasteiger partial charge is 0.352 e. The molecule has 0 unspecified atom stereocenters. The first kappa shape index (κ1) is 12.0. The van der Waals surface area contributed by atoms with E-state index >= 15 is 0 Å². The normalized spacial score (nSPS) is 15.2. The average Bonchev–Trinajstić information content (AvgIpc) is 2.95. The molecule has 1 aliphatic rings. The number of carbonyl (C=O) groups excluding carboxylic acids is 1. The maximum Gasteiger partial charge on any atom is 0.240 e. The summed E-state index contributed by atoms with van der Waals surface area (Å²) in [5.41, 5.74) is 5.36. The van der Waals surface area contributed by atoms with Gasteiger partial charge in [-0.05, 0) is 19.9 Å². The Hall–Kier alpha value is -1.47. The first-order valence-electron chi connectivity index (χ1n) is 5.67. The first-order valence-corrected chi connectivity index (χ1v) is 5.67. The minimum Gasteiger partial charge on any atom is -0.352 e.